The fourth-order valence-corrected chi connectivity index (χ4v) is 4.32. The Balaban J connectivity index is 1.44. The molecule has 1 aliphatic heterocycles. The number of hydrogen-bond donors (Lipinski definition) is 2. The summed E-state index contributed by atoms with van der Waals surface area (Å²) in [5.41, 5.74) is 2.74. The van der Waals surface area contributed by atoms with Gasteiger partial charge in [0, 0.05) is 16.9 Å². The lowest BCUT2D eigenvalue weighted by Crippen LogP contribution is -2.43. The van der Waals surface area contributed by atoms with Crippen LogP contribution in [0.25, 0.3) is 0 Å². The minimum Gasteiger partial charge on any atom is -0.438 e. The zero-order valence-electron chi connectivity index (χ0n) is 20.2. The monoisotopic (exact) mass is 509 g/mol. The Kier molecular flexibility index (Phi) is 7.13. The number of halogens is 1. The van der Waals surface area contributed by atoms with Crippen molar-refractivity contribution in [2.75, 3.05) is 10.6 Å². The Morgan fingerprint density at radius 3 is 2.16 bits per heavy atom. The predicted octanol–water partition coefficient (Wildman–Crippen LogP) is 5.78. The van der Waals surface area contributed by atoms with E-state index in [1.54, 1.807) is 84.9 Å². The van der Waals surface area contributed by atoms with E-state index in [0.29, 0.717) is 28.1 Å². The molecule has 1 saturated heterocycles. The van der Waals surface area contributed by atoms with E-state index in [9.17, 15) is 18.8 Å². The van der Waals surface area contributed by atoms with Gasteiger partial charge >= 0.3 is 6.09 Å². The number of carbonyl (C=O) groups is 3. The molecular formula is C30H24FN3O4. The van der Waals surface area contributed by atoms with Gasteiger partial charge in [0.1, 0.15) is 5.82 Å². The van der Waals surface area contributed by atoms with Gasteiger partial charge < -0.3 is 15.4 Å². The number of rotatable bonds is 7. The molecule has 0 saturated carbocycles. The van der Waals surface area contributed by atoms with Crippen molar-refractivity contribution >= 4 is 29.3 Å². The van der Waals surface area contributed by atoms with Crippen molar-refractivity contribution < 1.29 is 23.5 Å². The molecule has 5 rings (SSSR count). The van der Waals surface area contributed by atoms with E-state index in [1.165, 1.54) is 17.0 Å². The van der Waals surface area contributed by atoms with Crippen LogP contribution < -0.4 is 10.6 Å². The number of carbonyl (C=O) groups excluding carboxylic acids is 3. The molecule has 0 bridgehead atoms. The van der Waals surface area contributed by atoms with E-state index in [-0.39, 0.29) is 12.5 Å². The first-order valence-electron chi connectivity index (χ1n) is 12.0. The molecule has 3 amide bonds. The second-order valence-electron chi connectivity index (χ2n) is 8.80. The summed E-state index contributed by atoms with van der Waals surface area (Å²) in [5.74, 6) is -1.13. The van der Waals surface area contributed by atoms with Crippen LogP contribution in [0.3, 0.4) is 0 Å². The molecule has 7 nitrogen and oxygen atoms in total. The number of benzene rings is 4. The van der Waals surface area contributed by atoms with Gasteiger partial charge in [0.15, 0.2) is 12.1 Å². The highest BCUT2D eigenvalue weighted by Crippen LogP contribution is 2.35. The number of anilines is 2. The van der Waals surface area contributed by atoms with Crippen molar-refractivity contribution in [1.82, 2.24) is 4.90 Å². The van der Waals surface area contributed by atoms with E-state index in [0.717, 1.165) is 0 Å². The Morgan fingerprint density at radius 2 is 1.45 bits per heavy atom. The van der Waals surface area contributed by atoms with Gasteiger partial charge in [0.2, 0.25) is 0 Å². The Labute approximate surface area is 218 Å². The van der Waals surface area contributed by atoms with Gasteiger partial charge in [-0.3, -0.25) is 14.5 Å². The molecule has 2 N–H and O–H groups in total. The molecule has 0 aliphatic carbocycles. The Morgan fingerprint density at radius 1 is 0.789 bits per heavy atom. The van der Waals surface area contributed by atoms with Crippen LogP contribution in [0.2, 0.25) is 0 Å². The lowest BCUT2D eigenvalue weighted by molar-refractivity contribution is -0.121. The number of para-hydroxylation sites is 1. The zero-order chi connectivity index (χ0) is 26.5. The van der Waals surface area contributed by atoms with Gasteiger partial charge in [0.05, 0.1) is 6.54 Å². The molecule has 4 aromatic carbocycles. The molecule has 1 fully saturated rings. The third kappa shape index (κ3) is 5.54. The molecule has 8 heteroatoms. The van der Waals surface area contributed by atoms with Crippen molar-refractivity contribution in [3.8, 4) is 0 Å². The lowest BCUT2D eigenvalue weighted by atomic mass is 10.00. The minimum atomic E-state index is -1.02. The van der Waals surface area contributed by atoms with Gasteiger partial charge in [0.25, 0.3) is 11.8 Å². The minimum absolute atomic E-state index is 0.0485. The number of nitrogens with zero attached hydrogens (tertiary/aromatic N) is 1. The van der Waals surface area contributed by atoms with Crippen molar-refractivity contribution in [1.29, 1.82) is 0 Å². The first-order valence-corrected chi connectivity index (χ1v) is 12.0. The van der Waals surface area contributed by atoms with Gasteiger partial charge in [-0.05, 0) is 59.7 Å². The van der Waals surface area contributed by atoms with Crippen LogP contribution in [0.4, 0.5) is 20.6 Å². The maximum atomic E-state index is 13.5. The summed E-state index contributed by atoms with van der Waals surface area (Å²) in [4.78, 5) is 40.5. The van der Waals surface area contributed by atoms with Gasteiger partial charge in [-0.1, -0.05) is 60.7 Å². The van der Waals surface area contributed by atoms with E-state index in [1.807, 2.05) is 12.1 Å². The molecule has 190 valence electrons. The van der Waals surface area contributed by atoms with Crippen LogP contribution in [-0.2, 0) is 16.1 Å². The molecule has 0 spiro atoms. The first kappa shape index (κ1) is 24.7. The maximum Gasteiger partial charge on any atom is 0.411 e. The quantitative estimate of drug-likeness (QED) is 0.331. The number of cyclic esters (lactones) is 1. The molecule has 38 heavy (non-hydrogen) atoms. The Bertz CT molecular complexity index is 1450. The van der Waals surface area contributed by atoms with Crippen LogP contribution >= 0.6 is 0 Å². The molecule has 1 aliphatic rings. The molecule has 4 aromatic rings. The third-order valence-electron chi connectivity index (χ3n) is 6.17. The van der Waals surface area contributed by atoms with Crippen LogP contribution in [0, 0.1) is 5.82 Å². The van der Waals surface area contributed by atoms with Crippen molar-refractivity contribution in [2.45, 2.75) is 18.7 Å². The summed E-state index contributed by atoms with van der Waals surface area (Å²) in [6.45, 7) is 0.0485. The van der Waals surface area contributed by atoms with E-state index in [2.05, 4.69) is 10.6 Å². The smallest absolute Gasteiger partial charge is 0.411 e. The predicted molar refractivity (Wildman–Crippen MR) is 141 cm³/mol. The summed E-state index contributed by atoms with van der Waals surface area (Å²) in [7, 11) is 0. The number of amides is 3. The van der Waals surface area contributed by atoms with Crippen LogP contribution in [0.1, 0.15) is 27.6 Å². The van der Waals surface area contributed by atoms with Crippen molar-refractivity contribution in [3.05, 3.63) is 132 Å². The average Bonchev–Trinajstić information content (AvgIpc) is 3.27. The number of hydrogen-bond acceptors (Lipinski definition) is 4. The topological polar surface area (TPSA) is 87.7 Å². The highest BCUT2D eigenvalue weighted by Gasteiger charge is 2.47. The lowest BCUT2D eigenvalue weighted by Gasteiger charge is -2.24. The zero-order valence-corrected chi connectivity index (χ0v) is 20.2. The first-order chi connectivity index (χ1) is 18.5. The molecule has 0 aromatic heterocycles. The van der Waals surface area contributed by atoms with E-state index in [4.69, 9.17) is 4.74 Å². The number of nitrogens with one attached hydrogen (secondary N) is 2. The van der Waals surface area contributed by atoms with Gasteiger partial charge in [-0.25, -0.2) is 9.18 Å². The van der Waals surface area contributed by atoms with E-state index < -0.39 is 30.0 Å². The SMILES string of the molecule is O=C(Nc1cccc([C@@H]2OC(=O)N(Cc3ccc(F)cc3)[C@@H]2C(=O)Nc2ccccc2)c1)c1ccccc1. The summed E-state index contributed by atoms with van der Waals surface area (Å²) in [6, 6.07) is 29.2. The van der Waals surface area contributed by atoms with Gasteiger partial charge in [-0.2, -0.15) is 0 Å². The van der Waals surface area contributed by atoms with Crippen molar-refractivity contribution in [3.63, 3.8) is 0 Å². The van der Waals surface area contributed by atoms with Crippen molar-refractivity contribution in [2.24, 2.45) is 0 Å². The number of ether oxygens (including phenoxy) is 1. The Hall–Kier alpha value is -4.98. The summed E-state index contributed by atoms with van der Waals surface area (Å²) in [6.07, 6.45) is -1.62. The standard InChI is InChI=1S/C30H24FN3O4/c31-23-16-14-20(15-17-23)19-34-26(29(36)32-24-11-5-2-6-12-24)27(38-30(34)37)22-10-7-13-25(18-22)33-28(35)21-8-3-1-4-9-21/h1-18,26-27H,19H2,(H,32,36)(H,33,35)/t26-,27-/m0/s1. The maximum absolute atomic E-state index is 13.5. The second-order valence-corrected chi connectivity index (χ2v) is 8.80. The van der Waals surface area contributed by atoms with E-state index >= 15 is 0 Å². The van der Waals surface area contributed by atoms with Crippen LogP contribution in [0.15, 0.2) is 109 Å². The summed E-state index contributed by atoms with van der Waals surface area (Å²) < 4.78 is 19.2. The van der Waals surface area contributed by atoms with Crippen LogP contribution in [0.5, 0.6) is 0 Å². The third-order valence-corrected chi connectivity index (χ3v) is 6.17. The van der Waals surface area contributed by atoms with Crippen LogP contribution in [-0.4, -0.2) is 28.8 Å². The average molecular weight is 510 g/mol. The highest BCUT2D eigenvalue weighted by atomic mass is 19.1. The fourth-order valence-electron chi connectivity index (χ4n) is 4.32. The largest absolute Gasteiger partial charge is 0.438 e. The fraction of sp³-hybridized carbons (Fsp3) is 0.100. The summed E-state index contributed by atoms with van der Waals surface area (Å²) in [5, 5.41) is 5.70. The molecular weight excluding hydrogens is 485 g/mol. The normalized spacial score (nSPS) is 16.6. The summed E-state index contributed by atoms with van der Waals surface area (Å²) >= 11 is 0. The second kappa shape index (κ2) is 11.0. The molecule has 0 unspecified atom stereocenters. The molecule has 0 radical (unpaired) electrons. The molecule has 1 heterocycles. The molecule has 2 atom stereocenters. The van der Waals surface area contributed by atoms with Gasteiger partial charge in [-0.15, -0.1) is 0 Å². The highest BCUT2D eigenvalue weighted by molar-refractivity contribution is 6.04.